The second-order valence-corrected chi connectivity index (χ2v) is 5.00. The topological polar surface area (TPSA) is 88.9 Å². The molecule has 0 atom stereocenters. The first-order valence-electron chi connectivity index (χ1n) is 6.95. The number of phenols is 1. The Labute approximate surface area is 132 Å². The molecule has 0 radical (unpaired) electrons. The summed E-state index contributed by atoms with van der Waals surface area (Å²) in [5, 5.41) is 22.1. The summed E-state index contributed by atoms with van der Waals surface area (Å²) in [7, 11) is 0. The molecule has 3 N–H and O–H groups in total. The van der Waals surface area contributed by atoms with Crippen LogP contribution in [0.4, 0.5) is 5.69 Å². The SMILES string of the molecule is N#C/C(=C\c1ccc2[nH]ccc2c1)C(=O)Nc1ccc(O)cc1. The second kappa shape index (κ2) is 6.08. The Morgan fingerprint density at radius 3 is 2.70 bits per heavy atom. The minimum atomic E-state index is -0.493. The molecule has 112 valence electrons. The molecule has 0 fully saturated rings. The van der Waals surface area contributed by atoms with Crippen LogP contribution >= 0.6 is 0 Å². The van der Waals surface area contributed by atoms with Gasteiger partial charge in [-0.05, 0) is 59.5 Å². The number of amides is 1. The molecule has 0 aliphatic rings. The van der Waals surface area contributed by atoms with Crippen LogP contribution in [0, 0.1) is 11.3 Å². The average molecular weight is 303 g/mol. The Morgan fingerprint density at radius 2 is 1.96 bits per heavy atom. The van der Waals surface area contributed by atoms with Gasteiger partial charge in [-0.2, -0.15) is 5.26 Å². The molecule has 0 unspecified atom stereocenters. The third kappa shape index (κ3) is 3.22. The fourth-order valence-corrected chi connectivity index (χ4v) is 2.22. The summed E-state index contributed by atoms with van der Waals surface area (Å²) in [6.45, 7) is 0. The first-order valence-corrected chi connectivity index (χ1v) is 6.95. The van der Waals surface area contributed by atoms with Gasteiger partial charge in [0.15, 0.2) is 0 Å². The van der Waals surface area contributed by atoms with Crippen LogP contribution in [0.5, 0.6) is 5.75 Å². The smallest absolute Gasteiger partial charge is 0.266 e. The number of anilines is 1. The number of fused-ring (bicyclic) bond motifs is 1. The van der Waals surface area contributed by atoms with E-state index in [0.717, 1.165) is 16.5 Å². The Hall–Kier alpha value is -3.52. The molecule has 3 rings (SSSR count). The standard InChI is InChI=1S/C18H13N3O2/c19-11-14(18(23)21-15-2-4-16(22)5-3-15)10-12-1-6-17-13(9-12)7-8-20-17/h1-10,20,22H,(H,21,23)/b14-10+. The van der Waals surface area contributed by atoms with E-state index in [1.54, 1.807) is 18.2 Å². The Balaban J connectivity index is 1.84. The van der Waals surface area contributed by atoms with E-state index in [1.807, 2.05) is 36.5 Å². The molecule has 5 heteroatoms. The number of carbonyl (C=O) groups is 1. The maximum absolute atomic E-state index is 12.2. The lowest BCUT2D eigenvalue weighted by Gasteiger charge is -2.04. The first kappa shape index (κ1) is 14.4. The summed E-state index contributed by atoms with van der Waals surface area (Å²) >= 11 is 0. The summed E-state index contributed by atoms with van der Waals surface area (Å²) in [6.07, 6.45) is 3.38. The highest BCUT2D eigenvalue weighted by atomic mass is 16.3. The largest absolute Gasteiger partial charge is 0.508 e. The predicted molar refractivity (Wildman–Crippen MR) is 88.6 cm³/mol. The number of rotatable bonds is 3. The zero-order chi connectivity index (χ0) is 16.2. The van der Waals surface area contributed by atoms with Crippen molar-refractivity contribution < 1.29 is 9.90 Å². The fraction of sp³-hybridized carbons (Fsp3) is 0. The zero-order valence-corrected chi connectivity index (χ0v) is 12.1. The van der Waals surface area contributed by atoms with Crippen molar-refractivity contribution in [1.29, 1.82) is 5.26 Å². The summed E-state index contributed by atoms with van der Waals surface area (Å²) in [4.78, 5) is 15.3. The number of carbonyl (C=O) groups excluding carboxylic acids is 1. The minimum Gasteiger partial charge on any atom is -0.508 e. The molecule has 0 spiro atoms. The highest BCUT2D eigenvalue weighted by Crippen LogP contribution is 2.18. The maximum atomic E-state index is 12.2. The molecular weight excluding hydrogens is 290 g/mol. The lowest BCUT2D eigenvalue weighted by molar-refractivity contribution is -0.112. The zero-order valence-electron chi connectivity index (χ0n) is 12.1. The molecule has 0 saturated carbocycles. The van der Waals surface area contributed by atoms with Crippen molar-refractivity contribution in [3.8, 4) is 11.8 Å². The lowest BCUT2D eigenvalue weighted by atomic mass is 10.1. The summed E-state index contributed by atoms with van der Waals surface area (Å²) in [5.74, 6) is -0.383. The number of nitrogens with one attached hydrogen (secondary N) is 2. The van der Waals surface area contributed by atoms with Crippen molar-refractivity contribution in [3.05, 3.63) is 65.9 Å². The number of aromatic amines is 1. The van der Waals surface area contributed by atoms with E-state index in [-0.39, 0.29) is 11.3 Å². The fourth-order valence-electron chi connectivity index (χ4n) is 2.22. The van der Waals surface area contributed by atoms with Crippen LogP contribution in [0.25, 0.3) is 17.0 Å². The molecule has 1 aromatic heterocycles. The summed E-state index contributed by atoms with van der Waals surface area (Å²) in [6, 6.07) is 15.5. The van der Waals surface area contributed by atoms with Crippen molar-refractivity contribution in [3.63, 3.8) is 0 Å². The molecule has 5 nitrogen and oxygen atoms in total. The summed E-state index contributed by atoms with van der Waals surface area (Å²) < 4.78 is 0. The molecule has 0 saturated heterocycles. The van der Waals surface area contributed by atoms with Gasteiger partial charge in [0.05, 0.1) is 0 Å². The van der Waals surface area contributed by atoms with E-state index in [9.17, 15) is 15.2 Å². The lowest BCUT2D eigenvalue weighted by Crippen LogP contribution is -2.13. The van der Waals surface area contributed by atoms with Gasteiger partial charge < -0.3 is 15.4 Å². The highest BCUT2D eigenvalue weighted by molar-refractivity contribution is 6.09. The molecule has 0 aliphatic carbocycles. The Bertz CT molecular complexity index is 931. The van der Waals surface area contributed by atoms with Crippen molar-refractivity contribution >= 4 is 28.6 Å². The van der Waals surface area contributed by atoms with Crippen molar-refractivity contribution in [1.82, 2.24) is 4.98 Å². The Kier molecular flexibility index (Phi) is 3.81. The van der Waals surface area contributed by atoms with Gasteiger partial charge in [-0.25, -0.2) is 0 Å². The number of aromatic nitrogens is 1. The van der Waals surface area contributed by atoms with Crippen molar-refractivity contribution in [2.45, 2.75) is 0 Å². The third-order valence-electron chi connectivity index (χ3n) is 3.38. The minimum absolute atomic E-state index is 0.00737. The molecule has 0 aliphatic heterocycles. The van der Waals surface area contributed by atoms with E-state index in [2.05, 4.69) is 10.3 Å². The van der Waals surface area contributed by atoms with Gasteiger partial charge in [0, 0.05) is 17.4 Å². The highest BCUT2D eigenvalue weighted by Gasteiger charge is 2.09. The van der Waals surface area contributed by atoms with Crippen LogP contribution < -0.4 is 5.32 Å². The number of hydrogen-bond acceptors (Lipinski definition) is 3. The van der Waals surface area contributed by atoms with Gasteiger partial charge in [0.25, 0.3) is 5.91 Å². The van der Waals surface area contributed by atoms with E-state index >= 15 is 0 Å². The number of phenolic OH excluding ortho intramolecular Hbond substituents is 1. The van der Waals surface area contributed by atoms with Crippen LogP contribution in [-0.4, -0.2) is 16.0 Å². The van der Waals surface area contributed by atoms with Crippen LogP contribution in [0.15, 0.2) is 60.3 Å². The number of benzene rings is 2. The van der Waals surface area contributed by atoms with Gasteiger partial charge >= 0.3 is 0 Å². The van der Waals surface area contributed by atoms with Gasteiger partial charge in [-0.15, -0.1) is 0 Å². The maximum Gasteiger partial charge on any atom is 0.266 e. The monoisotopic (exact) mass is 303 g/mol. The molecule has 23 heavy (non-hydrogen) atoms. The van der Waals surface area contributed by atoms with E-state index in [4.69, 9.17) is 0 Å². The number of nitriles is 1. The third-order valence-corrected chi connectivity index (χ3v) is 3.38. The predicted octanol–water partition coefficient (Wildman–Crippen LogP) is 3.42. The number of nitrogens with zero attached hydrogens (tertiary/aromatic N) is 1. The molecule has 3 aromatic rings. The molecule has 0 bridgehead atoms. The number of H-pyrrole nitrogens is 1. The van der Waals surface area contributed by atoms with Gasteiger partial charge in [0.1, 0.15) is 17.4 Å². The van der Waals surface area contributed by atoms with Crippen LogP contribution in [-0.2, 0) is 4.79 Å². The van der Waals surface area contributed by atoms with Crippen LogP contribution in [0.1, 0.15) is 5.56 Å². The molecular formula is C18H13N3O2. The van der Waals surface area contributed by atoms with E-state index in [0.29, 0.717) is 5.69 Å². The molecule has 1 amide bonds. The average Bonchev–Trinajstić information content (AvgIpc) is 3.02. The van der Waals surface area contributed by atoms with Crippen molar-refractivity contribution in [2.75, 3.05) is 5.32 Å². The number of hydrogen-bond donors (Lipinski definition) is 3. The van der Waals surface area contributed by atoms with Gasteiger partial charge in [0.2, 0.25) is 0 Å². The van der Waals surface area contributed by atoms with Crippen molar-refractivity contribution in [2.24, 2.45) is 0 Å². The van der Waals surface area contributed by atoms with Gasteiger partial charge in [-0.1, -0.05) is 6.07 Å². The van der Waals surface area contributed by atoms with E-state index < -0.39 is 5.91 Å². The van der Waals surface area contributed by atoms with Gasteiger partial charge in [-0.3, -0.25) is 4.79 Å². The molecule has 1 heterocycles. The first-order chi connectivity index (χ1) is 11.2. The normalized spacial score (nSPS) is 11.2. The van der Waals surface area contributed by atoms with E-state index in [1.165, 1.54) is 12.1 Å². The Morgan fingerprint density at radius 1 is 1.17 bits per heavy atom. The summed E-state index contributed by atoms with van der Waals surface area (Å²) in [5.41, 5.74) is 2.28. The van der Waals surface area contributed by atoms with Crippen LogP contribution in [0.3, 0.4) is 0 Å². The number of aromatic hydroxyl groups is 1. The quantitative estimate of drug-likeness (QED) is 0.393. The van der Waals surface area contributed by atoms with Crippen LogP contribution in [0.2, 0.25) is 0 Å². The molecule has 2 aromatic carbocycles. The second-order valence-electron chi connectivity index (χ2n) is 5.00.